The van der Waals surface area contributed by atoms with Crippen molar-refractivity contribution in [1.29, 1.82) is 0 Å². The van der Waals surface area contributed by atoms with Gasteiger partial charge in [-0.25, -0.2) is 9.97 Å². The van der Waals surface area contributed by atoms with Crippen LogP contribution in [0.4, 0.5) is 5.95 Å². The second kappa shape index (κ2) is 8.17. The fraction of sp³-hybridized carbons (Fsp3) is 0.348. The first-order valence-electron chi connectivity index (χ1n) is 10.6. The average Bonchev–Trinajstić information content (AvgIpc) is 3.24. The summed E-state index contributed by atoms with van der Waals surface area (Å²) in [5.74, 6) is 1.48. The number of fused-ring (bicyclic) bond motifs is 3. The Morgan fingerprint density at radius 3 is 2.52 bits per heavy atom. The summed E-state index contributed by atoms with van der Waals surface area (Å²) >= 11 is 0. The molecular weight excluding hydrogens is 360 g/mol. The Bertz CT molecular complexity index is 1100. The second-order valence-corrected chi connectivity index (χ2v) is 7.67. The van der Waals surface area contributed by atoms with Gasteiger partial charge in [-0.3, -0.25) is 0 Å². The summed E-state index contributed by atoms with van der Waals surface area (Å²) < 4.78 is 1.85. The van der Waals surface area contributed by atoms with Crippen LogP contribution in [0, 0.1) is 0 Å². The fourth-order valence-corrected chi connectivity index (χ4v) is 4.07. The molecule has 4 aromatic rings. The average molecular weight is 387 g/mol. The van der Waals surface area contributed by atoms with Gasteiger partial charge in [-0.1, -0.05) is 48.9 Å². The minimum absolute atomic E-state index is 0.722. The molecule has 0 aliphatic carbocycles. The number of nitrogens with zero attached hydrogens (tertiary/aromatic N) is 5. The van der Waals surface area contributed by atoms with Crippen molar-refractivity contribution < 1.29 is 0 Å². The van der Waals surface area contributed by atoms with Gasteiger partial charge in [0, 0.05) is 17.5 Å². The molecule has 148 valence electrons. The fourth-order valence-electron chi connectivity index (χ4n) is 4.07. The predicted molar refractivity (Wildman–Crippen MR) is 117 cm³/mol. The smallest absolute Gasteiger partial charge is 0.226 e. The summed E-state index contributed by atoms with van der Waals surface area (Å²) in [6.45, 7) is 4.48. The van der Waals surface area contributed by atoms with Gasteiger partial charge in [0.05, 0.1) is 5.52 Å². The third-order valence-corrected chi connectivity index (χ3v) is 5.59. The maximum absolute atomic E-state index is 4.84. The lowest BCUT2D eigenvalue weighted by molar-refractivity contribution is 0.228. The molecule has 0 bridgehead atoms. The monoisotopic (exact) mass is 386 g/mol. The van der Waals surface area contributed by atoms with E-state index >= 15 is 0 Å². The van der Waals surface area contributed by atoms with E-state index in [4.69, 9.17) is 15.1 Å². The number of para-hydroxylation sites is 1. The standard InChI is InChI=1S/C23H26N6/c1-3-10-18(11-4-1)21-26-22-19-12-5-6-13-20(19)25-23(29(22)27-21)24-14-9-17-28-15-7-2-8-16-28/h1,3-6,10-13H,2,7-9,14-17H2,(H,24,25). The lowest BCUT2D eigenvalue weighted by Gasteiger charge is -2.26. The van der Waals surface area contributed by atoms with Crippen LogP contribution in [0.1, 0.15) is 25.7 Å². The zero-order chi connectivity index (χ0) is 19.5. The van der Waals surface area contributed by atoms with E-state index in [1.165, 1.54) is 32.4 Å². The van der Waals surface area contributed by atoms with Crippen molar-refractivity contribution >= 4 is 22.5 Å². The highest BCUT2D eigenvalue weighted by molar-refractivity contribution is 5.92. The minimum Gasteiger partial charge on any atom is -0.354 e. The van der Waals surface area contributed by atoms with Crippen LogP contribution in [0.25, 0.3) is 27.9 Å². The van der Waals surface area contributed by atoms with Crippen LogP contribution in [0.15, 0.2) is 54.6 Å². The molecule has 2 aromatic heterocycles. The van der Waals surface area contributed by atoms with Gasteiger partial charge in [-0.15, -0.1) is 5.10 Å². The van der Waals surface area contributed by atoms with Crippen LogP contribution >= 0.6 is 0 Å². The Kier molecular flexibility index (Phi) is 5.09. The Hall–Kier alpha value is -2.99. The maximum Gasteiger partial charge on any atom is 0.226 e. The van der Waals surface area contributed by atoms with Crippen molar-refractivity contribution in [3.63, 3.8) is 0 Å². The first kappa shape index (κ1) is 18.1. The van der Waals surface area contributed by atoms with Crippen molar-refractivity contribution in [3.8, 4) is 11.4 Å². The zero-order valence-corrected chi connectivity index (χ0v) is 16.6. The molecule has 29 heavy (non-hydrogen) atoms. The van der Waals surface area contributed by atoms with Crippen molar-refractivity contribution in [3.05, 3.63) is 54.6 Å². The number of rotatable bonds is 6. The van der Waals surface area contributed by atoms with Gasteiger partial charge in [0.1, 0.15) is 0 Å². The number of benzene rings is 2. The summed E-state index contributed by atoms with van der Waals surface area (Å²) in [6.07, 6.45) is 5.14. The highest BCUT2D eigenvalue weighted by atomic mass is 15.4. The quantitative estimate of drug-likeness (QED) is 0.503. The van der Waals surface area contributed by atoms with Gasteiger partial charge in [-0.05, 0) is 51.0 Å². The lowest BCUT2D eigenvalue weighted by atomic mass is 10.1. The highest BCUT2D eigenvalue weighted by Gasteiger charge is 2.14. The number of piperidine rings is 1. The van der Waals surface area contributed by atoms with Crippen LogP contribution in [0.5, 0.6) is 0 Å². The number of hydrogen-bond donors (Lipinski definition) is 1. The van der Waals surface area contributed by atoms with E-state index in [0.29, 0.717) is 0 Å². The molecule has 0 spiro atoms. The molecule has 0 radical (unpaired) electrons. The van der Waals surface area contributed by atoms with Crippen molar-refractivity contribution in [2.24, 2.45) is 0 Å². The van der Waals surface area contributed by atoms with Crippen LogP contribution in [-0.2, 0) is 0 Å². The number of nitrogens with one attached hydrogen (secondary N) is 1. The van der Waals surface area contributed by atoms with Crippen molar-refractivity contribution in [2.45, 2.75) is 25.7 Å². The topological polar surface area (TPSA) is 58.4 Å². The number of anilines is 1. The van der Waals surface area contributed by atoms with E-state index in [-0.39, 0.29) is 0 Å². The Morgan fingerprint density at radius 1 is 0.862 bits per heavy atom. The third kappa shape index (κ3) is 3.80. The predicted octanol–water partition coefficient (Wildman–Crippen LogP) is 4.23. The maximum atomic E-state index is 4.84. The molecule has 1 N–H and O–H groups in total. The van der Waals surface area contributed by atoms with E-state index in [2.05, 4.69) is 16.3 Å². The summed E-state index contributed by atoms with van der Waals surface area (Å²) in [7, 11) is 0. The van der Waals surface area contributed by atoms with Gasteiger partial charge in [0.2, 0.25) is 5.95 Å². The number of aromatic nitrogens is 4. The number of likely N-dealkylation sites (tertiary alicyclic amines) is 1. The van der Waals surface area contributed by atoms with Crippen molar-refractivity contribution in [2.75, 3.05) is 31.5 Å². The minimum atomic E-state index is 0.722. The van der Waals surface area contributed by atoms with Gasteiger partial charge < -0.3 is 10.2 Å². The highest BCUT2D eigenvalue weighted by Crippen LogP contribution is 2.24. The van der Waals surface area contributed by atoms with Gasteiger partial charge >= 0.3 is 0 Å². The summed E-state index contributed by atoms with van der Waals surface area (Å²) in [4.78, 5) is 12.2. The summed E-state index contributed by atoms with van der Waals surface area (Å²) in [5, 5.41) is 9.29. The molecule has 6 nitrogen and oxygen atoms in total. The van der Waals surface area contributed by atoms with Gasteiger partial charge in [0.25, 0.3) is 0 Å². The molecular formula is C23H26N6. The molecule has 0 amide bonds. The van der Waals surface area contributed by atoms with Crippen molar-refractivity contribution in [1.82, 2.24) is 24.5 Å². The number of hydrogen-bond acceptors (Lipinski definition) is 5. The summed E-state index contributed by atoms with van der Waals surface area (Å²) in [6, 6.07) is 18.2. The lowest BCUT2D eigenvalue weighted by Crippen LogP contribution is -2.31. The molecule has 5 rings (SSSR count). The zero-order valence-electron chi connectivity index (χ0n) is 16.6. The molecule has 0 saturated carbocycles. The van der Waals surface area contributed by atoms with E-state index < -0.39 is 0 Å². The second-order valence-electron chi connectivity index (χ2n) is 7.67. The van der Waals surface area contributed by atoms with Gasteiger partial charge in [0.15, 0.2) is 11.5 Å². The van der Waals surface area contributed by atoms with Gasteiger partial charge in [-0.2, -0.15) is 4.52 Å². The SMILES string of the molecule is c1ccc(-c2nc3c4ccccc4nc(NCCCN4CCCCC4)n3n2)cc1. The summed E-state index contributed by atoms with van der Waals surface area (Å²) in [5.41, 5.74) is 2.79. The normalized spacial score (nSPS) is 15.2. The van der Waals surface area contributed by atoms with Crippen LogP contribution in [0.2, 0.25) is 0 Å². The molecule has 1 saturated heterocycles. The van der Waals surface area contributed by atoms with E-state index in [1.807, 2.05) is 53.0 Å². The Balaban J connectivity index is 1.42. The van der Waals surface area contributed by atoms with E-state index in [1.54, 1.807) is 0 Å². The molecule has 0 atom stereocenters. The molecule has 0 unspecified atom stereocenters. The Labute approximate surface area is 170 Å². The largest absolute Gasteiger partial charge is 0.354 e. The molecule has 6 heteroatoms. The molecule has 1 aliphatic rings. The van der Waals surface area contributed by atoms with Crippen LogP contribution < -0.4 is 5.32 Å². The van der Waals surface area contributed by atoms with E-state index in [9.17, 15) is 0 Å². The molecule has 1 fully saturated rings. The first-order chi connectivity index (χ1) is 14.4. The van der Waals surface area contributed by atoms with Crippen LogP contribution in [0.3, 0.4) is 0 Å². The molecule has 2 aromatic carbocycles. The molecule has 1 aliphatic heterocycles. The van der Waals surface area contributed by atoms with E-state index in [0.717, 1.165) is 53.4 Å². The van der Waals surface area contributed by atoms with Crippen LogP contribution in [-0.4, -0.2) is 50.7 Å². The Morgan fingerprint density at radius 2 is 1.66 bits per heavy atom. The molecule has 3 heterocycles. The third-order valence-electron chi connectivity index (χ3n) is 5.59. The first-order valence-corrected chi connectivity index (χ1v) is 10.6.